The number of aliphatic hydroxyl groups is 1. The highest BCUT2D eigenvalue weighted by Gasteiger charge is 2.78. The lowest BCUT2D eigenvalue weighted by atomic mass is 9.70. The maximum absolute atomic E-state index is 10.6. The van der Waals surface area contributed by atoms with Crippen LogP contribution in [-0.2, 0) is 14.2 Å². The van der Waals surface area contributed by atoms with Crippen molar-refractivity contribution in [3.8, 4) is 0 Å². The summed E-state index contributed by atoms with van der Waals surface area (Å²) in [5.41, 5.74) is 0.788. The van der Waals surface area contributed by atoms with Gasteiger partial charge in [-0.15, -0.1) is 0 Å². The van der Waals surface area contributed by atoms with Gasteiger partial charge < -0.3 is 19.3 Å². The van der Waals surface area contributed by atoms with Crippen LogP contribution in [0.4, 0.5) is 0 Å². The fraction of sp³-hybridized carbons (Fsp3) is 0.636. The summed E-state index contributed by atoms with van der Waals surface area (Å²) in [6.45, 7) is 10.9. The predicted octanol–water partition coefficient (Wildman–Crippen LogP) is 4.90. The summed E-state index contributed by atoms with van der Waals surface area (Å²) in [6.07, 6.45) is 3.46. The second-order valence-corrected chi connectivity index (χ2v) is 8.99. The van der Waals surface area contributed by atoms with Crippen LogP contribution in [0.25, 0.3) is 6.08 Å². The Morgan fingerprint density at radius 3 is 2.35 bits per heavy atom. The largest absolute Gasteiger partial charge is 0.481 e. The highest BCUT2D eigenvalue weighted by Crippen LogP contribution is 2.72. The van der Waals surface area contributed by atoms with Crippen molar-refractivity contribution in [3.63, 3.8) is 0 Å². The van der Waals surface area contributed by atoms with E-state index in [-0.39, 0.29) is 41.0 Å². The topological polar surface area (TPSA) is 47.9 Å². The van der Waals surface area contributed by atoms with Crippen LogP contribution >= 0.6 is 0 Å². The van der Waals surface area contributed by atoms with Gasteiger partial charge in [0.1, 0.15) is 0 Å². The Kier molecular flexibility index (Phi) is 3.94. The number of aliphatic hydroxyl groups excluding tert-OH is 1. The van der Waals surface area contributed by atoms with Crippen molar-refractivity contribution in [1.29, 1.82) is 0 Å². The Bertz CT molecular complexity index is 700. The van der Waals surface area contributed by atoms with Gasteiger partial charge in [-0.1, -0.05) is 51.1 Å². The third kappa shape index (κ3) is 2.28. The zero-order chi connectivity index (χ0) is 18.7. The molecule has 4 nitrogen and oxygen atoms in total. The minimum Gasteiger partial charge on any atom is -0.481 e. The molecule has 26 heavy (non-hydrogen) atoms. The van der Waals surface area contributed by atoms with Crippen molar-refractivity contribution in [2.24, 2.45) is 16.7 Å². The van der Waals surface area contributed by atoms with Crippen LogP contribution < -0.4 is 0 Å². The number of benzene rings is 1. The smallest absolute Gasteiger partial charge is 0.277 e. The molecule has 142 valence electrons. The van der Waals surface area contributed by atoms with Gasteiger partial charge in [-0.25, -0.2) is 0 Å². The molecule has 1 saturated heterocycles. The normalized spacial score (nSPS) is 44.0. The van der Waals surface area contributed by atoms with E-state index in [1.54, 1.807) is 6.08 Å². The molecule has 6 atom stereocenters. The maximum atomic E-state index is 10.6. The van der Waals surface area contributed by atoms with Gasteiger partial charge in [0, 0.05) is 17.4 Å². The van der Waals surface area contributed by atoms with Crippen LogP contribution in [0.3, 0.4) is 0 Å². The van der Waals surface area contributed by atoms with Crippen molar-refractivity contribution in [1.82, 2.24) is 0 Å². The standard InChI is InChI=1S/C22H30O4/c1-14-15(2)26-22(25-14)17-11-12-21(5,20(17,3)4)19(22)24-18(23)13-16-9-7-6-8-10-16/h6-10,13-15,17,19,23H,11-12H2,1-5H3/b18-13+/t14-,15+,17-,19-,21-,22?/m0/s1. The summed E-state index contributed by atoms with van der Waals surface area (Å²) < 4.78 is 19.1. The third-order valence-electron chi connectivity index (χ3n) is 7.45. The molecule has 1 heterocycles. The minimum absolute atomic E-state index is 0.00841. The second kappa shape index (κ2) is 5.74. The second-order valence-electron chi connectivity index (χ2n) is 8.99. The summed E-state index contributed by atoms with van der Waals surface area (Å²) in [6, 6.07) is 9.71. The molecule has 0 radical (unpaired) electrons. The zero-order valence-corrected chi connectivity index (χ0v) is 16.4. The molecule has 1 spiro atoms. The molecule has 2 saturated carbocycles. The molecule has 1 N–H and O–H groups in total. The first kappa shape index (κ1) is 17.9. The molecule has 1 aromatic carbocycles. The Morgan fingerprint density at radius 1 is 1.12 bits per heavy atom. The first-order chi connectivity index (χ1) is 12.2. The van der Waals surface area contributed by atoms with E-state index in [9.17, 15) is 5.11 Å². The van der Waals surface area contributed by atoms with Crippen molar-refractivity contribution < 1.29 is 19.3 Å². The number of hydrogen-bond acceptors (Lipinski definition) is 4. The minimum atomic E-state index is -0.784. The molecule has 4 heteroatoms. The zero-order valence-electron chi connectivity index (χ0n) is 16.4. The first-order valence-corrected chi connectivity index (χ1v) is 9.69. The van der Waals surface area contributed by atoms with Gasteiger partial charge in [-0.3, -0.25) is 0 Å². The molecular formula is C22H30O4. The Labute approximate surface area is 156 Å². The molecule has 0 aromatic heterocycles. The monoisotopic (exact) mass is 358 g/mol. The SMILES string of the molecule is C[C@@H]1OC2(O[C@@H]1C)[C@H]1CC[C@@](C)([C@@H]2O/C(O)=C/c2ccccc2)C1(C)C. The van der Waals surface area contributed by atoms with Crippen molar-refractivity contribution in [2.75, 3.05) is 0 Å². The van der Waals surface area contributed by atoms with Crippen LogP contribution in [0.1, 0.15) is 53.0 Å². The summed E-state index contributed by atoms with van der Waals surface area (Å²) in [5.74, 6) is -0.611. The Balaban J connectivity index is 1.70. The summed E-state index contributed by atoms with van der Waals surface area (Å²) >= 11 is 0. The van der Waals surface area contributed by atoms with Gasteiger partial charge >= 0.3 is 0 Å². The molecule has 2 aliphatic carbocycles. The van der Waals surface area contributed by atoms with Gasteiger partial charge in [0.2, 0.25) is 5.79 Å². The van der Waals surface area contributed by atoms with Crippen LogP contribution in [0.5, 0.6) is 0 Å². The Morgan fingerprint density at radius 2 is 1.73 bits per heavy atom. The van der Waals surface area contributed by atoms with Gasteiger partial charge in [-0.2, -0.15) is 0 Å². The van der Waals surface area contributed by atoms with Gasteiger partial charge in [-0.05, 0) is 37.7 Å². The average molecular weight is 358 g/mol. The number of rotatable bonds is 3. The molecular weight excluding hydrogens is 328 g/mol. The van der Waals surface area contributed by atoms with E-state index in [0.717, 1.165) is 18.4 Å². The summed E-state index contributed by atoms with van der Waals surface area (Å²) in [5, 5.41) is 10.6. The molecule has 3 fully saturated rings. The van der Waals surface area contributed by atoms with E-state index in [2.05, 4.69) is 34.6 Å². The van der Waals surface area contributed by atoms with Crippen molar-refractivity contribution >= 4 is 6.08 Å². The van der Waals surface area contributed by atoms with E-state index in [1.807, 2.05) is 30.3 Å². The van der Waals surface area contributed by atoms with E-state index in [1.165, 1.54) is 0 Å². The molecule has 1 unspecified atom stereocenters. The fourth-order valence-corrected chi connectivity index (χ4v) is 5.47. The maximum Gasteiger partial charge on any atom is 0.277 e. The average Bonchev–Trinajstić information content (AvgIpc) is 3.04. The Hall–Kier alpha value is -1.52. The van der Waals surface area contributed by atoms with E-state index < -0.39 is 5.79 Å². The van der Waals surface area contributed by atoms with Crippen LogP contribution in [0.2, 0.25) is 0 Å². The van der Waals surface area contributed by atoms with E-state index in [4.69, 9.17) is 14.2 Å². The molecule has 1 aromatic rings. The fourth-order valence-electron chi connectivity index (χ4n) is 5.47. The molecule has 1 aliphatic heterocycles. The number of ether oxygens (including phenoxy) is 3. The summed E-state index contributed by atoms with van der Waals surface area (Å²) in [7, 11) is 0. The van der Waals surface area contributed by atoms with Crippen LogP contribution in [0, 0.1) is 16.7 Å². The molecule has 3 aliphatic rings. The third-order valence-corrected chi connectivity index (χ3v) is 7.45. The van der Waals surface area contributed by atoms with Crippen LogP contribution in [-0.4, -0.2) is 29.2 Å². The highest BCUT2D eigenvalue weighted by molar-refractivity contribution is 5.49. The summed E-state index contributed by atoms with van der Waals surface area (Å²) in [4.78, 5) is 0. The molecule has 4 rings (SSSR count). The molecule has 0 amide bonds. The quantitative estimate of drug-likeness (QED) is 0.781. The lowest BCUT2D eigenvalue weighted by molar-refractivity contribution is -0.273. The van der Waals surface area contributed by atoms with Gasteiger partial charge in [0.15, 0.2) is 6.10 Å². The van der Waals surface area contributed by atoms with Gasteiger partial charge in [0.05, 0.1) is 12.2 Å². The number of fused-ring (bicyclic) bond motifs is 3. The highest BCUT2D eigenvalue weighted by atomic mass is 16.8. The van der Waals surface area contributed by atoms with Crippen molar-refractivity contribution in [3.05, 3.63) is 41.8 Å². The first-order valence-electron chi connectivity index (χ1n) is 9.69. The van der Waals surface area contributed by atoms with Gasteiger partial charge in [0.25, 0.3) is 5.95 Å². The van der Waals surface area contributed by atoms with E-state index >= 15 is 0 Å². The lowest BCUT2D eigenvalue weighted by Gasteiger charge is -2.42. The van der Waals surface area contributed by atoms with Crippen molar-refractivity contribution in [2.45, 2.75) is 71.6 Å². The van der Waals surface area contributed by atoms with E-state index in [0.29, 0.717) is 0 Å². The number of hydrogen-bond donors (Lipinski definition) is 1. The predicted molar refractivity (Wildman–Crippen MR) is 100 cm³/mol. The van der Waals surface area contributed by atoms with Crippen LogP contribution in [0.15, 0.2) is 36.3 Å². The molecule has 2 bridgehead atoms. The lowest BCUT2D eigenvalue weighted by Crippen LogP contribution is -2.52.